The van der Waals surface area contributed by atoms with Crippen LogP contribution in [-0.4, -0.2) is 0 Å². The first-order valence-corrected chi connectivity index (χ1v) is 19.3. The van der Waals surface area contributed by atoms with Gasteiger partial charge >= 0.3 is 0 Å². The van der Waals surface area contributed by atoms with Crippen molar-refractivity contribution in [3.63, 3.8) is 0 Å². The van der Waals surface area contributed by atoms with Crippen LogP contribution in [0.4, 0.5) is 17.1 Å². The Morgan fingerprint density at radius 1 is 0.232 bits per heavy atom. The maximum Gasteiger partial charge on any atom is 0.135 e. The molecule has 0 spiro atoms. The van der Waals surface area contributed by atoms with Gasteiger partial charge in [0.1, 0.15) is 11.2 Å². The molecule has 11 aromatic carbocycles. The van der Waals surface area contributed by atoms with Crippen molar-refractivity contribution in [2.75, 3.05) is 4.90 Å². The second kappa shape index (κ2) is 12.0. The predicted octanol–water partition coefficient (Wildman–Crippen LogP) is 15.6. The first-order valence-electron chi connectivity index (χ1n) is 19.3. The van der Waals surface area contributed by atoms with Crippen molar-refractivity contribution in [2.24, 2.45) is 0 Å². The van der Waals surface area contributed by atoms with Crippen LogP contribution in [0.15, 0.2) is 205 Å². The van der Waals surface area contributed by atoms with Crippen molar-refractivity contribution in [1.82, 2.24) is 0 Å². The fourth-order valence-corrected chi connectivity index (χ4v) is 9.25. The van der Waals surface area contributed by atoms with Crippen molar-refractivity contribution in [3.05, 3.63) is 200 Å². The largest absolute Gasteiger partial charge is 0.456 e. The zero-order valence-corrected chi connectivity index (χ0v) is 30.4. The van der Waals surface area contributed by atoms with Crippen LogP contribution in [0.1, 0.15) is 0 Å². The Labute approximate surface area is 323 Å². The van der Waals surface area contributed by atoms with E-state index >= 15 is 0 Å². The standard InChI is InChI=1S/C54H33NO/c1-3-18-43-39(14-1)41-16-5-7-20-45(41)50-32-37(25-27-47(43)50)55(38-26-28-48-44-19-4-2-15-40(44)42-17-6-8-21-46(42)51(48)33-38)36-13-11-12-34(30-36)35-24-29-54-52(31-35)49-22-9-10-23-53(49)56-54/h1-33H. The van der Waals surface area contributed by atoms with E-state index < -0.39 is 0 Å². The number of hydrogen-bond donors (Lipinski definition) is 0. The summed E-state index contributed by atoms with van der Waals surface area (Å²) in [7, 11) is 0. The van der Waals surface area contributed by atoms with Crippen LogP contribution in [-0.2, 0) is 0 Å². The number of nitrogens with zero attached hydrogens (tertiary/aromatic N) is 1. The minimum atomic E-state index is 0.902. The van der Waals surface area contributed by atoms with E-state index in [1.165, 1.54) is 64.6 Å². The van der Waals surface area contributed by atoms with Gasteiger partial charge in [0.2, 0.25) is 0 Å². The molecule has 0 aliphatic carbocycles. The molecule has 1 aromatic heterocycles. The highest BCUT2D eigenvalue weighted by Gasteiger charge is 2.19. The van der Waals surface area contributed by atoms with Gasteiger partial charge in [-0.05, 0) is 130 Å². The van der Waals surface area contributed by atoms with E-state index in [4.69, 9.17) is 4.42 Å². The Balaban J connectivity index is 1.12. The maximum atomic E-state index is 6.20. The van der Waals surface area contributed by atoms with E-state index in [2.05, 4.69) is 193 Å². The predicted molar refractivity (Wildman–Crippen MR) is 239 cm³/mol. The number of furan rings is 1. The van der Waals surface area contributed by atoms with E-state index in [-0.39, 0.29) is 0 Å². The molecule has 56 heavy (non-hydrogen) atoms. The van der Waals surface area contributed by atoms with E-state index in [0.717, 1.165) is 50.1 Å². The summed E-state index contributed by atoms with van der Waals surface area (Å²) in [6.45, 7) is 0. The topological polar surface area (TPSA) is 16.4 Å². The van der Waals surface area contributed by atoms with Crippen LogP contribution < -0.4 is 4.90 Å². The number of rotatable bonds is 4. The average Bonchev–Trinajstić information content (AvgIpc) is 3.65. The third-order valence-corrected chi connectivity index (χ3v) is 11.8. The molecule has 1 heterocycles. The van der Waals surface area contributed by atoms with Gasteiger partial charge in [-0.25, -0.2) is 0 Å². The lowest BCUT2D eigenvalue weighted by Crippen LogP contribution is -2.10. The van der Waals surface area contributed by atoms with Gasteiger partial charge in [0.05, 0.1) is 0 Å². The molecule has 0 radical (unpaired) electrons. The second-order valence-electron chi connectivity index (χ2n) is 14.8. The number of benzene rings is 11. The summed E-state index contributed by atoms with van der Waals surface area (Å²) in [5, 5.41) is 17.4. The van der Waals surface area contributed by atoms with Crippen molar-refractivity contribution in [2.45, 2.75) is 0 Å². The van der Waals surface area contributed by atoms with Crippen LogP contribution in [0.5, 0.6) is 0 Å². The summed E-state index contributed by atoms with van der Waals surface area (Å²) in [6.07, 6.45) is 0. The molecule has 12 aromatic rings. The quantitative estimate of drug-likeness (QED) is 0.169. The van der Waals surface area contributed by atoms with Gasteiger partial charge in [-0.3, -0.25) is 0 Å². The van der Waals surface area contributed by atoms with Gasteiger partial charge in [0, 0.05) is 27.8 Å². The Kier molecular flexibility index (Phi) is 6.66. The van der Waals surface area contributed by atoms with E-state index in [0.29, 0.717) is 0 Å². The number of fused-ring (bicyclic) bond motifs is 15. The summed E-state index contributed by atoms with van der Waals surface area (Å²) in [6, 6.07) is 73.0. The molecule has 0 bridgehead atoms. The van der Waals surface area contributed by atoms with Gasteiger partial charge in [-0.1, -0.05) is 146 Å². The molecule has 0 aliphatic rings. The molecule has 2 heteroatoms. The molecule has 0 saturated carbocycles. The molecule has 12 rings (SSSR count). The lowest BCUT2D eigenvalue weighted by molar-refractivity contribution is 0.669. The lowest BCUT2D eigenvalue weighted by Gasteiger charge is -2.27. The minimum Gasteiger partial charge on any atom is -0.456 e. The molecule has 0 aliphatic heterocycles. The molecule has 0 unspecified atom stereocenters. The van der Waals surface area contributed by atoms with Crippen LogP contribution in [0.25, 0.3) is 97.7 Å². The first kappa shape index (κ1) is 31.0. The third kappa shape index (κ3) is 4.63. The normalized spacial score (nSPS) is 11.9. The third-order valence-electron chi connectivity index (χ3n) is 11.8. The zero-order chi connectivity index (χ0) is 36.7. The smallest absolute Gasteiger partial charge is 0.135 e. The zero-order valence-electron chi connectivity index (χ0n) is 30.4. The first-order chi connectivity index (χ1) is 27.8. The van der Waals surface area contributed by atoms with Gasteiger partial charge < -0.3 is 9.32 Å². The molecule has 0 atom stereocenters. The van der Waals surface area contributed by atoms with Crippen LogP contribution in [0.3, 0.4) is 0 Å². The molecule has 0 N–H and O–H groups in total. The highest BCUT2D eigenvalue weighted by atomic mass is 16.3. The molecular weight excluding hydrogens is 679 g/mol. The highest BCUT2D eigenvalue weighted by Crippen LogP contribution is 2.44. The molecule has 0 saturated heterocycles. The summed E-state index contributed by atoms with van der Waals surface area (Å²) in [5.74, 6) is 0. The van der Waals surface area contributed by atoms with Gasteiger partial charge in [0.15, 0.2) is 0 Å². The SMILES string of the molecule is c1cc(-c2ccc3oc4ccccc4c3c2)cc(N(c2ccc3c4ccccc4c4ccccc4c3c2)c2ccc3c4ccccc4c4ccccc4c3c2)c1. The number of para-hydroxylation sites is 1. The fourth-order valence-electron chi connectivity index (χ4n) is 9.25. The highest BCUT2D eigenvalue weighted by molar-refractivity contribution is 6.27. The summed E-state index contributed by atoms with van der Waals surface area (Å²) >= 11 is 0. The summed E-state index contributed by atoms with van der Waals surface area (Å²) in [4.78, 5) is 2.43. The van der Waals surface area contributed by atoms with Crippen LogP contribution >= 0.6 is 0 Å². The van der Waals surface area contributed by atoms with E-state index in [1.807, 2.05) is 12.1 Å². The molecular formula is C54H33NO. The molecule has 2 nitrogen and oxygen atoms in total. The summed E-state index contributed by atoms with van der Waals surface area (Å²) in [5.41, 5.74) is 7.42. The van der Waals surface area contributed by atoms with Crippen LogP contribution in [0.2, 0.25) is 0 Å². The second-order valence-corrected chi connectivity index (χ2v) is 14.8. The van der Waals surface area contributed by atoms with E-state index in [1.54, 1.807) is 0 Å². The van der Waals surface area contributed by atoms with E-state index in [9.17, 15) is 0 Å². The Hall–Kier alpha value is -7.42. The maximum absolute atomic E-state index is 6.20. The van der Waals surface area contributed by atoms with Crippen molar-refractivity contribution in [1.29, 1.82) is 0 Å². The molecule has 0 fully saturated rings. The summed E-state index contributed by atoms with van der Waals surface area (Å²) < 4.78 is 6.20. The Bertz CT molecular complexity index is 3330. The Morgan fingerprint density at radius 2 is 0.625 bits per heavy atom. The Morgan fingerprint density at radius 3 is 1.14 bits per heavy atom. The number of hydrogen-bond acceptors (Lipinski definition) is 2. The van der Waals surface area contributed by atoms with Crippen molar-refractivity contribution < 1.29 is 4.42 Å². The van der Waals surface area contributed by atoms with Gasteiger partial charge in [-0.2, -0.15) is 0 Å². The van der Waals surface area contributed by atoms with Crippen molar-refractivity contribution in [3.8, 4) is 11.1 Å². The van der Waals surface area contributed by atoms with Crippen LogP contribution in [0, 0.1) is 0 Å². The number of anilines is 3. The van der Waals surface area contributed by atoms with Gasteiger partial charge in [-0.15, -0.1) is 0 Å². The van der Waals surface area contributed by atoms with Crippen molar-refractivity contribution >= 4 is 104 Å². The average molecular weight is 712 g/mol. The lowest BCUT2D eigenvalue weighted by atomic mass is 9.93. The fraction of sp³-hybridized carbons (Fsp3) is 0. The monoisotopic (exact) mass is 711 g/mol. The van der Waals surface area contributed by atoms with Gasteiger partial charge in [0.25, 0.3) is 0 Å². The molecule has 0 amide bonds. The minimum absolute atomic E-state index is 0.902. The molecule has 260 valence electrons.